The molecule has 24 heavy (non-hydrogen) atoms. The van der Waals surface area contributed by atoms with Crippen molar-refractivity contribution in [2.75, 3.05) is 0 Å². The third kappa shape index (κ3) is 2.45. The number of rotatable bonds is 1. The fourth-order valence-corrected chi connectivity index (χ4v) is 4.16. The zero-order valence-electron chi connectivity index (χ0n) is 15.2. The van der Waals surface area contributed by atoms with Gasteiger partial charge in [-0.05, 0) is 57.7 Å². The summed E-state index contributed by atoms with van der Waals surface area (Å²) in [6.45, 7) is 9.20. The Kier molecular flexibility index (Phi) is 3.53. The van der Waals surface area contributed by atoms with Gasteiger partial charge in [0, 0.05) is 5.92 Å². The molecule has 0 bridgehead atoms. The van der Waals surface area contributed by atoms with E-state index >= 15 is 0 Å². The molecule has 1 atom stereocenters. The molecule has 0 heterocycles. The monoisotopic (exact) mass is 314 g/mol. The summed E-state index contributed by atoms with van der Waals surface area (Å²) in [5, 5.41) is 0. The van der Waals surface area contributed by atoms with E-state index in [0.29, 0.717) is 5.92 Å². The lowest BCUT2D eigenvalue weighted by Gasteiger charge is -2.22. The van der Waals surface area contributed by atoms with Crippen molar-refractivity contribution in [3.05, 3.63) is 82.4 Å². The van der Waals surface area contributed by atoms with Crippen molar-refractivity contribution in [3.63, 3.8) is 0 Å². The van der Waals surface area contributed by atoms with Crippen molar-refractivity contribution < 1.29 is 0 Å². The van der Waals surface area contributed by atoms with Gasteiger partial charge in [0.2, 0.25) is 0 Å². The Labute approximate surface area is 145 Å². The third-order valence-corrected chi connectivity index (χ3v) is 5.69. The Morgan fingerprint density at radius 3 is 2.29 bits per heavy atom. The van der Waals surface area contributed by atoms with Crippen LogP contribution < -0.4 is 0 Å². The van der Waals surface area contributed by atoms with Crippen molar-refractivity contribution >= 4 is 11.1 Å². The van der Waals surface area contributed by atoms with Gasteiger partial charge in [-0.15, -0.1) is 0 Å². The number of aryl methyl sites for hydroxylation is 1. The SMILES string of the molecule is CC1C(c2ccc(C(C)(C)C)cc2)=CC2=C1CCc1ccccc12. The number of benzene rings is 2. The topological polar surface area (TPSA) is 0 Å². The zero-order valence-corrected chi connectivity index (χ0v) is 15.2. The van der Waals surface area contributed by atoms with Gasteiger partial charge in [-0.2, -0.15) is 0 Å². The number of hydrogen-bond acceptors (Lipinski definition) is 0. The summed E-state index contributed by atoms with van der Waals surface area (Å²) in [5.41, 5.74) is 10.5. The minimum absolute atomic E-state index is 0.213. The summed E-state index contributed by atoms with van der Waals surface area (Å²) >= 11 is 0. The van der Waals surface area contributed by atoms with Crippen molar-refractivity contribution in [2.24, 2.45) is 5.92 Å². The van der Waals surface area contributed by atoms with Gasteiger partial charge in [0.05, 0.1) is 0 Å². The molecule has 122 valence electrons. The van der Waals surface area contributed by atoms with Crippen LogP contribution in [0.5, 0.6) is 0 Å². The molecule has 0 saturated heterocycles. The van der Waals surface area contributed by atoms with Gasteiger partial charge in [-0.1, -0.05) is 81.8 Å². The normalized spacial score (nSPS) is 19.8. The predicted octanol–water partition coefficient (Wildman–Crippen LogP) is 6.42. The van der Waals surface area contributed by atoms with Crippen molar-refractivity contribution in [3.8, 4) is 0 Å². The van der Waals surface area contributed by atoms with Gasteiger partial charge in [-0.3, -0.25) is 0 Å². The smallest absolute Gasteiger partial charge is 0.00353 e. The third-order valence-electron chi connectivity index (χ3n) is 5.69. The molecular formula is C24H26. The molecule has 2 aliphatic rings. The highest BCUT2D eigenvalue weighted by molar-refractivity contribution is 5.94. The Balaban J connectivity index is 1.72. The number of hydrogen-bond donors (Lipinski definition) is 0. The fraction of sp³-hybridized carbons (Fsp3) is 0.333. The summed E-state index contributed by atoms with van der Waals surface area (Å²) < 4.78 is 0. The highest BCUT2D eigenvalue weighted by atomic mass is 14.3. The lowest BCUT2D eigenvalue weighted by molar-refractivity contribution is 0.590. The largest absolute Gasteiger partial charge is 0.0620 e. The van der Waals surface area contributed by atoms with E-state index in [2.05, 4.69) is 82.3 Å². The second-order valence-electron chi connectivity index (χ2n) is 8.24. The van der Waals surface area contributed by atoms with E-state index in [1.807, 2.05) is 0 Å². The van der Waals surface area contributed by atoms with Gasteiger partial charge in [0.15, 0.2) is 0 Å². The molecule has 0 saturated carbocycles. The van der Waals surface area contributed by atoms with Gasteiger partial charge in [0.25, 0.3) is 0 Å². The molecule has 2 aliphatic carbocycles. The highest BCUT2D eigenvalue weighted by Crippen LogP contribution is 2.47. The van der Waals surface area contributed by atoms with Gasteiger partial charge < -0.3 is 0 Å². The Hall–Kier alpha value is -2.08. The first-order valence-corrected chi connectivity index (χ1v) is 9.09. The van der Waals surface area contributed by atoms with E-state index < -0.39 is 0 Å². The van der Waals surface area contributed by atoms with Gasteiger partial charge >= 0.3 is 0 Å². The van der Waals surface area contributed by atoms with Crippen LogP contribution in [0.25, 0.3) is 11.1 Å². The molecule has 0 nitrogen and oxygen atoms in total. The van der Waals surface area contributed by atoms with E-state index in [9.17, 15) is 0 Å². The molecule has 1 unspecified atom stereocenters. The summed E-state index contributed by atoms with van der Waals surface area (Å²) in [6, 6.07) is 18.1. The molecule has 2 aromatic rings. The van der Waals surface area contributed by atoms with Crippen LogP contribution in [0.2, 0.25) is 0 Å². The van der Waals surface area contributed by atoms with Gasteiger partial charge in [-0.25, -0.2) is 0 Å². The zero-order chi connectivity index (χ0) is 16.9. The Morgan fingerprint density at radius 1 is 0.875 bits per heavy atom. The molecule has 0 amide bonds. The van der Waals surface area contributed by atoms with Crippen LogP contribution in [-0.4, -0.2) is 0 Å². The predicted molar refractivity (Wildman–Crippen MR) is 104 cm³/mol. The van der Waals surface area contributed by atoms with E-state index in [4.69, 9.17) is 0 Å². The van der Waals surface area contributed by atoms with Crippen LogP contribution >= 0.6 is 0 Å². The van der Waals surface area contributed by atoms with Gasteiger partial charge in [0.1, 0.15) is 0 Å². The van der Waals surface area contributed by atoms with Crippen LogP contribution in [-0.2, 0) is 11.8 Å². The van der Waals surface area contributed by atoms with Crippen LogP contribution in [0, 0.1) is 5.92 Å². The minimum atomic E-state index is 0.213. The molecular weight excluding hydrogens is 288 g/mol. The second kappa shape index (κ2) is 5.48. The summed E-state index contributed by atoms with van der Waals surface area (Å²) in [4.78, 5) is 0. The van der Waals surface area contributed by atoms with E-state index in [1.54, 1.807) is 5.57 Å². The second-order valence-corrected chi connectivity index (χ2v) is 8.24. The molecule has 0 heteroatoms. The molecule has 2 aromatic carbocycles. The average Bonchev–Trinajstić information content (AvgIpc) is 2.92. The van der Waals surface area contributed by atoms with E-state index in [-0.39, 0.29) is 5.41 Å². The van der Waals surface area contributed by atoms with Crippen LogP contribution in [0.3, 0.4) is 0 Å². The first-order chi connectivity index (χ1) is 11.4. The standard InChI is InChI=1S/C24H26/c1-16-20-14-11-17-7-5-6-8-21(17)23(20)15-22(16)18-9-12-19(13-10-18)24(2,3)4/h5-10,12-13,15-16H,11,14H2,1-4H3. The quantitative estimate of drug-likeness (QED) is 0.570. The van der Waals surface area contributed by atoms with Crippen molar-refractivity contribution in [2.45, 2.75) is 46.0 Å². The molecule has 0 spiro atoms. The lowest BCUT2D eigenvalue weighted by atomic mass is 9.82. The first kappa shape index (κ1) is 15.4. The number of allylic oxidation sites excluding steroid dienone is 4. The first-order valence-electron chi connectivity index (χ1n) is 9.09. The molecule has 0 radical (unpaired) electrons. The van der Waals surface area contributed by atoms with Crippen molar-refractivity contribution in [1.82, 2.24) is 0 Å². The highest BCUT2D eigenvalue weighted by Gasteiger charge is 2.29. The molecule has 0 aliphatic heterocycles. The average molecular weight is 314 g/mol. The van der Waals surface area contributed by atoms with Crippen LogP contribution in [0.15, 0.2) is 60.2 Å². The van der Waals surface area contributed by atoms with Crippen molar-refractivity contribution in [1.29, 1.82) is 0 Å². The van der Waals surface area contributed by atoms with Crippen LogP contribution in [0.4, 0.5) is 0 Å². The lowest BCUT2D eigenvalue weighted by Crippen LogP contribution is -2.11. The van der Waals surface area contributed by atoms with E-state index in [0.717, 1.165) is 0 Å². The summed E-state index contributed by atoms with van der Waals surface area (Å²) in [5.74, 6) is 0.536. The Morgan fingerprint density at radius 2 is 1.58 bits per heavy atom. The van der Waals surface area contributed by atoms with Crippen LogP contribution in [0.1, 0.15) is 56.4 Å². The molecule has 0 aromatic heterocycles. The molecule has 0 fully saturated rings. The molecule has 0 N–H and O–H groups in total. The van der Waals surface area contributed by atoms with E-state index in [1.165, 1.54) is 46.2 Å². The molecule has 4 rings (SSSR count). The minimum Gasteiger partial charge on any atom is -0.0620 e. The Bertz CT molecular complexity index is 838. The fourth-order valence-electron chi connectivity index (χ4n) is 4.16. The maximum absolute atomic E-state index is 2.45. The summed E-state index contributed by atoms with van der Waals surface area (Å²) in [6.07, 6.45) is 4.83. The maximum atomic E-state index is 2.45. The number of fused-ring (bicyclic) bond motifs is 2. The maximum Gasteiger partial charge on any atom is 0.00353 e. The summed E-state index contributed by atoms with van der Waals surface area (Å²) in [7, 11) is 0.